The van der Waals surface area contributed by atoms with Gasteiger partial charge in [0.1, 0.15) is 12.1 Å². The van der Waals surface area contributed by atoms with E-state index < -0.39 is 6.04 Å². The first-order chi connectivity index (χ1) is 14.8. The lowest BCUT2D eigenvalue weighted by Gasteiger charge is -2.38. The van der Waals surface area contributed by atoms with Crippen LogP contribution in [0.25, 0.3) is 0 Å². The van der Waals surface area contributed by atoms with Crippen molar-refractivity contribution in [3.8, 4) is 0 Å². The summed E-state index contributed by atoms with van der Waals surface area (Å²) < 4.78 is 6.04. The third-order valence-corrected chi connectivity index (χ3v) is 8.85. The molecule has 2 heterocycles. The summed E-state index contributed by atoms with van der Waals surface area (Å²) in [5.41, 5.74) is 1.75. The third-order valence-electron chi connectivity index (χ3n) is 6.85. The molecule has 0 amide bonds. The van der Waals surface area contributed by atoms with Gasteiger partial charge in [0, 0.05) is 23.9 Å². The number of carbonyl (C=O) groups excluding carboxylic acids is 2. The van der Waals surface area contributed by atoms with Crippen LogP contribution in [0.2, 0.25) is 10.0 Å². The summed E-state index contributed by atoms with van der Waals surface area (Å²) in [4.78, 5) is 27.4. The van der Waals surface area contributed by atoms with Crippen molar-refractivity contribution >= 4 is 46.0 Å². The summed E-state index contributed by atoms with van der Waals surface area (Å²) in [6.45, 7) is 5.79. The number of fused-ring (bicyclic) bond motifs is 1. The van der Waals surface area contributed by atoms with Gasteiger partial charge in [-0.05, 0) is 61.7 Å². The Balaban J connectivity index is 1.54. The van der Waals surface area contributed by atoms with Crippen LogP contribution in [-0.4, -0.2) is 40.4 Å². The van der Waals surface area contributed by atoms with E-state index in [1.807, 2.05) is 12.1 Å². The minimum Gasteiger partial charge on any atom is -0.461 e. The van der Waals surface area contributed by atoms with Crippen LogP contribution in [0.5, 0.6) is 0 Å². The number of ether oxygens (including phenoxy) is 1. The smallest absolute Gasteiger partial charge is 0.328 e. The molecule has 0 N–H and O–H groups in total. The molecule has 31 heavy (non-hydrogen) atoms. The first-order valence-corrected chi connectivity index (χ1v) is 12.8. The summed E-state index contributed by atoms with van der Waals surface area (Å²) in [6, 6.07) is 4.77. The van der Waals surface area contributed by atoms with Gasteiger partial charge in [0.15, 0.2) is 0 Å². The van der Waals surface area contributed by atoms with Crippen molar-refractivity contribution in [2.45, 2.75) is 63.3 Å². The topological polar surface area (TPSA) is 46.6 Å². The number of hydrogen-bond acceptors (Lipinski definition) is 5. The zero-order valence-electron chi connectivity index (χ0n) is 18.0. The Labute approximate surface area is 198 Å². The number of halogens is 2. The highest BCUT2D eigenvalue weighted by Gasteiger charge is 2.39. The van der Waals surface area contributed by atoms with E-state index >= 15 is 0 Å². The second kappa shape index (κ2) is 9.86. The van der Waals surface area contributed by atoms with Crippen molar-refractivity contribution in [3.05, 3.63) is 45.5 Å². The number of rotatable bonds is 5. The normalized spacial score (nSPS) is 27.7. The van der Waals surface area contributed by atoms with Gasteiger partial charge in [0.05, 0.1) is 10.0 Å². The van der Waals surface area contributed by atoms with Crippen LogP contribution < -0.4 is 0 Å². The molecule has 0 aromatic heterocycles. The van der Waals surface area contributed by atoms with E-state index in [0.29, 0.717) is 40.5 Å². The van der Waals surface area contributed by atoms with E-state index in [2.05, 4.69) is 18.7 Å². The van der Waals surface area contributed by atoms with E-state index in [0.717, 1.165) is 37.7 Å². The van der Waals surface area contributed by atoms with Gasteiger partial charge >= 0.3 is 5.97 Å². The number of benzene rings is 1. The van der Waals surface area contributed by atoms with Crippen LogP contribution in [0.15, 0.2) is 29.8 Å². The minimum atomic E-state index is -0.628. The molecule has 0 bridgehead atoms. The summed E-state index contributed by atoms with van der Waals surface area (Å²) in [5, 5.41) is 1.14. The number of carbonyl (C=O) groups is 2. The highest BCUT2D eigenvalue weighted by Crippen LogP contribution is 2.40. The maximum atomic E-state index is 13.5. The molecule has 1 aromatic carbocycles. The molecule has 1 saturated heterocycles. The zero-order valence-corrected chi connectivity index (χ0v) is 20.3. The molecule has 4 nitrogen and oxygen atoms in total. The van der Waals surface area contributed by atoms with E-state index in [1.54, 1.807) is 12.1 Å². The maximum Gasteiger partial charge on any atom is 0.328 e. The Morgan fingerprint density at radius 1 is 1.16 bits per heavy atom. The highest BCUT2D eigenvalue weighted by molar-refractivity contribution is 8.15. The number of thioether (sulfide) groups is 1. The SMILES string of the molecule is CC(C)C1CCC(OC(=O)C(c2cccc(Cl)c2Cl)N2CCC3SC(=O)C=C3C2)CC1. The van der Waals surface area contributed by atoms with Gasteiger partial charge in [0.2, 0.25) is 5.12 Å². The molecule has 1 aromatic rings. The lowest BCUT2D eigenvalue weighted by atomic mass is 9.80. The fraction of sp³-hybridized carbons (Fsp3) is 0.583. The Hall–Kier alpha value is -1.01. The largest absolute Gasteiger partial charge is 0.461 e. The predicted molar refractivity (Wildman–Crippen MR) is 127 cm³/mol. The van der Waals surface area contributed by atoms with Crippen LogP contribution in [-0.2, 0) is 14.3 Å². The summed E-state index contributed by atoms with van der Waals surface area (Å²) in [5.74, 6) is 1.10. The van der Waals surface area contributed by atoms with Crippen molar-refractivity contribution < 1.29 is 14.3 Å². The predicted octanol–water partition coefficient (Wildman–Crippen LogP) is 6.07. The molecular formula is C24H29Cl2NO3S. The molecule has 2 fully saturated rings. The van der Waals surface area contributed by atoms with Crippen molar-refractivity contribution in [1.29, 1.82) is 0 Å². The monoisotopic (exact) mass is 481 g/mol. The molecule has 1 aliphatic carbocycles. The van der Waals surface area contributed by atoms with Gasteiger partial charge in [0.25, 0.3) is 0 Å². The Morgan fingerprint density at radius 2 is 1.90 bits per heavy atom. The molecule has 2 unspecified atom stereocenters. The van der Waals surface area contributed by atoms with Crippen molar-refractivity contribution in [2.24, 2.45) is 11.8 Å². The first kappa shape index (κ1) is 23.2. The van der Waals surface area contributed by atoms with Gasteiger partial charge in [-0.25, -0.2) is 4.79 Å². The van der Waals surface area contributed by atoms with Gasteiger partial charge < -0.3 is 4.74 Å². The fourth-order valence-electron chi connectivity index (χ4n) is 5.01. The van der Waals surface area contributed by atoms with Gasteiger partial charge in [-0.15, -0.1) is 0 Å². The molecule has 0 radical (unpaired) electrons. The third kappa shape index (κ3) is 5.16. The average Bonchev–Trinajstić information content (AvgIpc) is 3.11. The quantitative estimate of drug-likeness (QED) is 0.477. The standard InChI is InChI=1S/C24H29Cl2NO3S/c1-14(2)15-6-8-17(9-7-15)30-24(29)23(18-4-3-5-19(25)22(18)26)27-11-10-20-16(13-27)12-21(28)31-20/h3-5,12,14-15,17,20,23H,6-11,13H2,1-2H3. The average molecular weight is 482 g/mol. The lowest BCUT2D eigenvalue weighted by molar-refractivity contribution is -0.158. The molecule has 7 heteroatoms. The number of piperidine rings is 1. The molecule has 2 aliphatic heterocycles. The van der Waals surface area contributed by atoms with Gasteiger partial charge in [-0.1, -0.05) is 60.9 Å². The minimum absolute atomic E-state index is 0.0525. The Kier molecular flexibility index (Phi) is 7.37. The Morgan fingerprint density at radius 3 is 2.61 bits per heavy atom. The second-order valence-electron chi connectivity index (χ2n) is 9.17. The Bertz CT molecular complexity index is 880. The molecule has 4 rings (SSSR count). The van der Waals surface area contributed by atoms with E-state index in [4.69, 9.17) is 27.9 Å². The summed E-state index contributed by atoms with van der Waals surface area (Å²) in [7, 11) is 0. The van der Waals surface area contributed by atoms with E-state index in [-0.39, 0.29) is 22.4 Å². The summed E-state index contributed by atoms with van der Waals surface area (Å²) >= 11 is 14.2. The van der Waals surface area contributed by atoms with Crippen LogP contribution in [0, 0.1) is 11.8 Å². The molecule has 3 aliphatic rings. The maximum absolute atomic E-state index is 13.5. The van der Waals surface area contributed by atoms with Crippen LogP contribution in [0.1, 0.15) is 57.6 Å². The number of nitrogens with zero attached hydrogens (tertiary/aromatic N) is 1. The molecule has 2 atom stereocenters. The molecular weight excluding hydrogens is 453 g/mol. The molecule has 0 spiro atoms. The molecule has 1 saturated carbocycles. The second-order valence-corrected chi connectivity index (χ2v) is 11.2. The highest BCUT2D eigenvalue weighted by atomic mass is 35.5. The van der Waals surface area contributed by atoms with Crippen molar-refractivity contribution in [1.82, 2.24) is 4.90 Å². The molecule has 168 valence electrons. The van der Waals surface area contributed by atoms with Crippen molar-refractivity contribution in [2.75, 3.05) is 13.1 Å². The first-order valence-electron chi connectivity index (χ1n) is 11.1. The number of likely N-dealkylation sites (tertiary alicyclic amines) is 1. The lowest BCUT2D eigenvalue weighted by Crippen LogP contribution is -2.43. The van der Waals surface area contributed by atoms with Crippen LogP contribution in [0.3, 0.4) is 0 Å². The van der Waals surface area contributed by atoms with E-state index in [9.17, 15) is 9.59 Å². The summed E-state index contributed by atoms with van der Waals surface area (Å²) in [6.07, 6.45) is 6.49. The van der Waals surface area contributed by atoms with Gasteiger partial charge in [-0.2, -0.15) is 0 Å². The van der Waals surface area contributed by atoms with E-state index in [1.165, 1.54) is 11.8 Å². The van der Waals surface area contributed by atoms with Crippen molar-refractivity contribution in [3.63, 3.8) is 0 Å². The van der Waals surface area contributed by atoms with Crippen LogP contribution in [0.4, 0.5) is 0 Å². The number of hydrogen-bond donors (Lipinski definition) is 0. The van der Waals surface area contributed by atoms with Crippen LogP contribution >= 0.6 is 35.0 Å². The number of esters is 1. The van der Waals surface area contributed by atoms with Gasteiger partial charge in [-0.3, -0.25) is 9.69 Å². The zero-order chi connectivity index (χ0) is 22.1. The fourth-order valence-corrected chi connectivity index (χ4v) is 6.44.